The third-order valence-electron chi connectivity index (χ3n) is 3.69. The Morgan fingerprint density at radius 1 is 1.39 bits per heavy atom. The SMILES string of the molecule is Cc1nccnc1CCNC(=O)NC1COc2ccc(F)cc21. The van der Waals surface area contributed by atoms with Crippen LogP contribution in [0.2, 0.25) is 0 Å². The van der Waals surface area contributed by atoms with Crippen LogP contribution in [-0.4, -0.2) is 29.2 Å². The zero-order valence-electron chi connectivity index (χ0n) is 12.7. The maximum absolute atomic E-state index is 13.3. The molecule has 1 aliphatic heterocycles. The van der Waals surface area contributed by atoms with E-state index in [0.29, 0.717) is 30.9 Å². The summed E-state index contributed by atoms with van der Waals surface area (Å²) in [6, 6.07) is 3.62. The van der Waals surface area contributed by atoms with Gasteiger partial charge in [-0.05, 0) is 25.1 Å². The first-order valence-corrected chi connectivity index (χ1v) is 7.36. The fraction of sp³-hybridized carbons (Fsp3) is 0.312. The molecule has 6 nitrogen and oxygen atoms in total. The molecule has 3 rings (SSSR count). The molecule has 2 heterocycles. The number of carbonyl (C=O) groups excluding carboxylic acids is 1. The van der Waals surface area contributed by atoms with Gasteiger partial charge in [-0.25, -0.2) is 9.18 Å². The highest BCUT2D eigenvalue weighted by atomic mass is 19.1. The Morgan fingerprint density at radius 3 is 3.04 bits per heavy atom. The Labute approximate surface area is 133 Å². The smallest absolute Gasteiger partial charge is 0.315 e. The first kappa shape index (κ1) is 15.2. The highest BCUT2D eigenvalue weighted by molar-refractivity contribution is 5.74. The van der Waals surface area contributed by atoms with Crippen LogP contribution in [0.5, 0.6) is 5.75 Å². The van der Waals surface area contributed by atoms with Crippen molar-refractivity contribution in [1.82, 2.24) is 20.6 Å². The lowest BCUT2D eigenvalue weighted by atomic mass is 10.1. The van der Waals surface area contributed by atoms with E-state index >= 15 is 0 Å². The van der Waals surface area contributed by atoms with E-state index in [1.54, 1.807) is 18.5 Å². The molecule has 0 fully saturated rings. The van der Waals surface area contributed by atoms with Gasteiger partial charge in [0, 0.05) is 30.9 Å². The lowest BCUT2D eigenvalue weighted by molar-refractivity contribution is 0.232. The van der Waals surface area contributed by atoms with Crippen LogP contribution in [0.4, 0.5) is 9.18 Å². The van der Waals surface area contributed by atoms with Gasteiger partial charge in [0.15, 0.2) is 0 Å². The number of aromatic nitrogens is 2. The molecule has 0 bridgehead atoms. The van der Waals surface area contributed by atoms with Crippen molar-refractivity contribution in [3.05, 3.63) is 53.4 Å². The largest absolute Gasteiger partial charge is 0.491 e. The van der Waals surface area contributed by atoms with Crippen molar-refractivity contribution in [2.45, 2.75) is 19.4 Å². The minimum Gasteiger partial charge on any atom is -0.491 e. The van der Waals surface area contributed by atoms with Gasteiger partial charge in [-0.15, -0.1) is 0 Å². The van der Waals surface area contributed by atoms with Crippen molar-refractivity contribution in [3.63, 3.8) is 0 Å². The van der Waals surface area contributed by atoms with Crippen molar-refractivity contribution in [1.29, 1.82) is 0 Å². The van der Waals surface area contributed by atoms with Gasteiger partial charge >= 0.3 is 6.03 Å². The number of benzene rings is 1. The van der Waals surface area contributed by atoms with E-state index in [2.05, 4.69) is 20.6 Å². The number of ether oxygens (including phenoxy) is 1. The Bertz CT molecular complexity index is 723. The number of hydrogen-bond acceptors (Lipinski definition) is 4. The van der Waals surface area contributed by atoms with Crippen LogP contribution >= 0.6 is 0 Å². The summed E-state index contributed by atoms with van der Waals surface area (Å²) >= 11 is 0. The zero-order valence-corrected chi connectivity index (χ0v) is 12.7. The third kappa shape index (κ3) is 3.56. The number of fused-ring (bicyclic) bond motifs is 1. The number of halogens is 1. The molecule has 0 spiro atoms. The van der Waals surface area contributed by atoms with Crippen molar-refractivity contribution in [2.75, 3.05) is 13.2 Å². The number of amides is 2. The van der Waals surface area contributed by atoms with Gasteiger partial charge in [-0.1, -0.05) is 0 Å². The molecule has 1 aromatic heterocycles. The lowest BCUT2D eigenvalue weighted by Gasteiger charge is -2.13. The average Bonchev–Trinajstić information content (AvgIpc) is 2.91. The number of nitrogens with zero attached hydrogens (tertiary/aromatic N) is 2. The van der Waals surface area contributed by atoms with E-state index in [-0.39, 0.29) is 17.9 Å². The molecule has 0 radical (unpaired) electrons. The summed E-state index contributed by atoms with van der Waals surface area (Å²) in [5.41, 5.74) is 2.36. The van der Waals surface area contributed by atoms with Gasteiger partial charge < -0.3 is 15.4 Å². The molecule has 0 aliphatic carbocycles. The van der Waals surface area contributed by atoms with E-state index in [1.165, 1.54) is 12.1 Å². The van der Waals surface area contributed by atoms with Gasteiger partial charge in [0.1, 0.15) is 18.2 Å². The Kier molecular flexibility index (Phi) is 4.36. The first-order chi connectivity index (χ1) is 11.1. The second-order valence-electron chi connectivity index (χ2n) is 5.28. The summed E-state index contributed by atoms with van der Waals surface area (Å²) in [6.07, 6.45) is 3.86. The van der Waals surface area contributed by atoms with Crippen LogP contribution in [0.1, 0.15) is 23.0 Å². The van der Waals surface area contributed by atoms with Crippen LogP contribution in [0.25, 0.3) is 0 Å². The summed E-state index contributed by atoms with van der Waals surface area (Å²) in [5.74, 6) is 0.256. The summed E-state index contributed by atoms with van der Waals surface area (Å²) < 4.78 is 18.7. The van der Waals surface area contributed by atoms with Crippen molar-refractivity contribution in [2.24, 2.45) is 0 Å². The van der Waals surface area contributed by atoms with E-state index in [0.717, 1.165) is 11.4 Å². The van der Waals surface area contributed by atoms with Gasteiger partial charge in [0.2, 0.25) is 0 Å². The highest BCUT2D eigenvalue weighted by Crippen LogP contribution is 2.32. The summed E-state index contributed by atoms with van der Waals surface area (Å²) in [4.78, 5) is 20.3. The Morgan fingerprint density at radius 2 is 2.22 bits per heavy atom. The highest BCUT2D eigenvalue weighted by Gasteiger charge is 2.25. The monoisotopic (exact) mass is 316 g/mol. The van der Waals surface area contributed by atoms with E-state index < -0.39 is 0 Å². The summed E-state index contributed by atoms with van der Waals surface area (Å²) in [5, 5.41) is 5.55. The molecule has 23 heavy (non-hydrogen) atoms. The number of nitrogens with one attached hydrogen (secondary N) is 2. The second kappa shape index (κ2) is 6.60. The number of carbonyl (C=O) groups is 1. The zero-order chi connectivity index (χ0) is 16.2. The van der Waals surface area contributed by atoms with E-state index in [4.69, 9.17) is 4.74 Å². The quantitative estimate of drug-likeness (QED) is 0.903. The number of urea groups is 1. The van der Waals surface area contributed by atoms with Gasteiger partial charge in [0.05, 0.1) is 17.4 Å². The molecule has 0 saturated heterocycles. The van der Waals surface area contributed by atoms with E-state index in [9.17, 15) is 9.18 Å². The molecule has 120 valence electrons. The maximum Gasteiger partial charge on any atom is 0.315 e. The fourth-order valence-electron chi connectivity index (χ4n) is 2.49. The van der Waals surface area contributed by atoms with E-state index in [1.807, 2.05) is 6.92 Å². The molecule has 0 saturated carbocycles. The Hall–Kier alpha value is -2.70. The number of rotatable bonds is 4. The van der Waals surface area contributed by atoms with Crippen LogP contribution in [0.15, 0.2) is 30.6 Å². The van der Waals surface area contributed by atoms with Crippen molar-refractivity contribution >= 4 is 6.03 Å². The molecule has 1 unspecified atom stereocenters. The molecular formula is C16H17FN4O2. The topological polar surface area (TPSA) is 76.1 Å². The molecule has 1 aliphatic rings. The minimum atomic E-state index is -0.348. The Balaban J connectivity index is 1.51. The number of aryl methyl sites for hydroxylation is 1. The van der Waals surface area contributed by atoms with Gasteiger partial charge in [0.25, 0.3) is 0 Å². The number of hydrogen-bond donors (Lipinski definition) is 2. The third-order valence-corrected chi connectivity index (χ3v) is 3.69. The van der Waals surface area contributed by atoms with Crippen LogP contribution in [-0.2, 0) is 6.42 Å². The predicted octanol–water partition coefficient (Wildman–Crippen LogP) is 1.90. The second-order valence-corrected chi connectivity index (χ2v) is 5.28. The first-order valence-electron chi connectivity index (χ1n) is 7.36. The molecule has 7 heteroatoms. The summed E-state index contributed by atoms with van der Waals surface area (Å²) in [6.45, 7) is 2.62. The molecular weight excluding hydrogens is 299 g/mol. The summed E-state index contributed by atoms with van der Waals surface area (Å²) in [7, 11) is 0. The van der Waals surface area contributed by atoms with Gasteiger partial charge in [-0.2, -0.15) is 0 Å². The minimum absolute atomic E-state index is 0.301. The maximum atomic E-state index is 13.3. The van der Waals surface area contributed by atoms with Crippen molar-refractivity contribution in [3.8, 4) is 5.75 Å². The standard InChI is InChI=1S/C16H17FN4O2/c1-10-13(19-7-6-18-10)4-5-20-16(22)21-14-9-23-15-3-2-11(17)8-12(14)15/h2-3,6-8,14H,4-5,9H2,1H3,(H2,20,21,22). The molecule has 1 aromatic carbocycles. The van der Waals surface area contributed by atoms with Gasteiger partial charge in [-0.3, -0.25) is 9.97 Å². The molecule has 2 N–H and O–H groups in total. The average molecular weight is 316 g/mol. The molecule has 2 aromatic rings. The van der Waals surface area contributed by atoms with Crippen LogP contribution in [0, 0.1) is 12.7 Å². The normalized spacial score (nSPS) is 15.7. The van der Waals surface area contributed by atoms with Crippen LogP contribution < -0.4 is 15.4 Å². The van der Waals surface area contributed by atoms with Crippen molar-refractivity contribution < 1.29 is 13.9 Å². The van der Waals surface area contributed by atoms with Crippen LogP contribution in [0.3, 0.4) is 0 Å². The lowest BCUT2D eigenvalue weighted by Crippen LogP contribution is -2.39. The predicted molar refractivity (Wildman–Crippen MR) is 81.6 cm³/mol. The molecule has 2 amide bonds. The molecule has 1 atom stereocenters. The fourth-order valence-corrected chi connectivity index (χ4v) is 2.49.